The lowest BCUT2D eigenvalue weighted by Gasteiger charge is -2.12. The van der Waals surface area contributed by atoms with Crippen molar-refractivity contribution in [2.75, 3.05) is 0 Å². The lowest BCUT2D eigenvalue weighted by Crippen LogP contribution is -2.43. The average Bonchev–Trinajstić information content (AvgIpc) is 3.08. The van der Waals surface area contributed by atoms with Gasteiger partial charge in [0.25, 0.3) is 0 Å². The maximum absolute atomic E-state index is 11.8. The van der Waals surface area contributed by atoms with E-state index in [1.54, 1.807) is 0 Å². The molecular formula is C14H20N2O. The van der Waals surface area contributed by atoms with Gasteiger partial charge in [0.1, 0.15) is 0 Å². The van der Waals surface area contributed by atoms with Gasteiger partial charge in [0.15, 0.2) is 0 Å². The average molecular weight is 232 g/mol. The van der Waals surface area contributed by atoms with Gasteiger partial charge in [-0.1, -0.05) is 43.7 Å². The third kappa shape index (κ3) is 3.30. The standard InChI is InChI=1S/C14H20N2O/c1-2-11-9-13(11)16-14(17)12(15)8-10-6-4-3-5-7-10/h3-7,11-13H,2,8-9,15H2,1H3,(H,16,17). The third-order valence-corrected chi connectivity index (χ3v) is 3.41. The van der Waals surface area contributed by atoms with E-state index in [0.717, 1.165) is 18.4 Å². The predicted molar refractivity (Wildman–Crippen MR) is 68.5 cm³/mol. The second-order valence-electron chi connectivity index (χ2n) is 4.82. The summed E-state index contributed by atoms with van der Waals surface area (Å²) in [6.07, 6.45) is 2.86. The van der Waals surface area contributed by atoms with Crippen LogP contribution in [-0.4, -0.2) is 18.0 Å². The number of amides is 1. The molecule has 0 radical (unpaired) electrons. The normalized spacial score (nSPS) is 24.1. The molecule has 3 N–H and O–H groups in total. The lowest BCUT2D eigenvalue weighted by molar-refractivity contribution is -0.122. The van der Waals surface area contributed by atoms with E-state index in [-0.39, 0.29) is 5.91 Å². The molecule has 17 heavy (non-hydrogen) atoms. The highest BCUT2D eigenvalue weighted by Gasteiger charge is 2.37. The van der Waals surface area contributed by atoms with Crippen LogP contribution in [0.5, 0.6) is 0 Å². The van der Waals surface area contributed by atoms with Crippen LogP contribution in [0.25, 0.3) is 0 Å². The summed E-state index contributed by atoms with van der Waals surface area (Å²) in [4.78, 5) is 11.8. The zero-order valence-corrected chi connectivity index (χ0v) is 10.2. The molecule has 3 unspecified atom stereocenters. The second kappa shape index (κ2) is 5.32. The van der Waals surface area contributed by atoms with Crippen molar-refractivity contribution in [3.63, 3.8) is 0 Å². The molecule has 3 nitrogen and oxygen atoms in total. The monoisotopic (exact) mass is 232 g/mol. The van der Waals surface area contributed by atoms with E-state index in [1.807, 2.05) is 30.3 Å². The molecule has 1 aromatic carbocycles. The first-order chi connectivity index (χ1) is 8.20. The summed E-state index contributed by atoms with van der Waals surface area (Å²) in [6.45, 7) is 2.15. The van der Waals surface area contributed by atoms with Gasteiger partial charge in [-0.3, -0.25) is 4.79 Å². The largest absolute Gasteiger partial charge is 0.352 e. The number of carbonyl (C=O) groups excluding carboxylic acids is 1. The van der Waals surface area contributed by atoms with Crippen molar-refractivity contribution < 1.29 is 4.79 Å². The van der Waals surface area contributed by atoms with Crippen LogP contribution in [0.3, 0.4) is 0 Å². The van der Waals surface area contributed by atoms with Crippen LogP contribution in [0, 0.1) is 5.92 Å². The first-order valence-electron chi connectivity index (χ1n) is 6.30. The molecule has 1 saturated carbocycles. The number of nitrogens with one attached hydrogen (secondary N) is 1. The lowest BCUT2D eigenvalue weighted by atomic mass is 10.1. The van der Waals surface area contributed by atoms with E-state index in [1.165, 1.54) is 0 Å². The van der Waals surface area contributed by atoms with Gasteiger partial charge in [-0.15, -0.1) is 0 Å². The summed E-state index contributed by atoms with van der Waals surface area (Å²) in [7, 11) is 0. The summed E-state index contributed by atoms with van der Waals surface area (Å²) in [5.41, 5.74) is 7.01. The molecule has 1 aliphatic rings. The van der Waals surface area contributed by atoms with Crippen molar-refractivity contribution in [3.05, 3.63) is 35.9 Å². The van der Waals surface area contributed by atoms with Crippen LogP contribution >= 0.6 is 0 Å². The van der Waals surface area contributed by atoms with E-state index in [2.05, 4.69) is 12.2 Å². The molecule has 92 valence electrons. The highest BCUT2D eigenvalue weighted by atomic mass is 16.2. The van der Waals surface area contributed by atoms with E-state index in [9.17, 15) is 4.79 Å². The smallest absolute Gasteiger partial charge is 0.237 e. The van der Waals surface area contributed by atoms with E-state index >= 15 is 0 Å². The Morgan fingerprint density at radius 1 is 1.47 bits per heavy atom. The summed E-state index contributed by atoms with van der Waals surface area (Å²) in [6, 6.07) is 9.83. The molecule has 0 aliphatic heterocycles. The first kappa shape index (κ1) is 12.1. The number of nitrogens with two attached hydrogens (primary N) is 1. The number of hydrogen-bond donors (Lipinski definition) is 2. The Morgan fingerprint density at radius 3 is 2.76 bits per heavy atom. The van der Waals surface area contributed by atoms with Crippen LogP contribution in [0.1, 0.15) is 25.3 Å². The van der Waals surface area contributed by atoms with Gasteiger partial charge in [0.05, 0.1) is 6.04 Å². The fourth-order valence-corrected chi connectivity index (χ4v) is 2.13. The van der Waals surface area contributed by atoms with Gasteiger partial charge in [0, 0.05) is 6.04 Å². The Kier molecular flexibility index (Phi) is 3.79. The quantitative estimate of drug-likeness (QED) is 0.807. The summed E-state index contributed by atoms with van der Waals surface area (Å²) < 4.78 is 0. The molecule has 0 saturated heterocycles. The minimum absolute atomic E-state index is 0.0187. The summed E-state index contributed by atoms with van der Waals surface area (Å²) >= 11 is 0. The summed E-state index contributed by atoms with van der Waals surface area (Å²) in [5, 5.41) is 3.01. The molecule has 1 aromatic rings. The van der Waals surface area contributed by atoms with Crippen LogP contribution in [0.4, 0.5) is 0 Å². The van der Waals surface area contributed by atoms with Crippen molar-refractivity contribution in [1.29, 1.82) is 0 Å². The van der Waals surface area contributed by atoms with Gasteiger partial charge in [0.2, 0.25) is 5.91 Å². The van der Waals surface area contributed by atoms with E-state index in [4.69, 9.17) is 5.73 Å². The molecule has 0 heterocycles. The topological polar surface area (TPSA) is 55.1 Å². The predicted octanol–water partition coefficient (Wildman–Crippen LogP) is 1.47. The Labute approximate surface area is 102 Å². The van der Waals surface area contributed by atoms with Gasteiger partial charge < -0.3 is 11.1 Å². The minimum Gasteiger partial charge on any atom is -0.352 e. The van der Waals surface area contributed by atoms with Crippen molar-refractivity contribution in [1.82, 2.24) is 5.32 Å². The zero-order chi connectivity index (χ0) is 12.3. The van der Waals surface area contributed by atoms with Crippen molar-refractivity contribution in [2.24, 2.45) is 11.7 Å². The summed E-state index contributed by atoms with van der Waals surface area (Å²) in [5.74, 6) is 0.651. The van der Waals surface area contributed by atoms with Crippen molar-refractivity contribution in [2.45, 2.75) is 38.3 Å². The molecule has 1 aliphatic carbocycles. The minimum atomic E-state index is -0.435. The number of rotatable bonds is 5. The molecular weight excluding hydrogens is 212 g/mol. The highest BCUT2D eigenvalue weighted by molar-refractivity contribution is 5.82. The molecule has 0 spiro atoms. The maximum Gasteiger partial charge on any atom is 0.237 e. The third-order valence-electron chi connectivity index (χ3n) is 3.41. The number of benzene rings is 1. The molecule has 1 fully saturated rings. The Hall–Kier alpha value is -1.35. The van der Waals surface area contributed by atoms with Crippen LogP contribution in [0.15, 0.2) is 30.3 Å². The fraction of sp³-hybridized carbons (Fsp3) is 0.500. The number of carbonyl (C=O) groups is 1. The van der Waals surface area contributed by atoms with Gasteiger partial charge >= 0.3 is 0 Å². The molecule has 2 rings (SSSR count). The Bertz CT molecular complexity index is 377. The van der Waals surface area contributed by atoms with Gasteiger partial charge in [-0.25, -0.2) is 0 Å². The zero-order valence-electron chi connectivity index (χ0n) is 10.2. The molecule has 3 heteroatoms. The van der Waals surface area contributed by atoms with Crippen molar-refractivity contribution >= 4 is 5.91 Å². The Balaban J connectivity index is 1.80. The van der Waals surface area contributed by atoms with E-state index < -0.39 is 6.04 Å². The SMILES string of the molecule is CCC1CC1NC(=O)C(N)Cc1ccccc1. The molecule has 3 atom stereocenters. The van der Waals surface area contributed by atoms with Crippen LogP contribution in [0.2, 0.25) is 0 Å². The van der Waals surface area contributed by atoms with Crippen LogP contribution in [-0.2, 0) is 11.2 Å². The van der Waals surface area contributed by atoms with Gasteiger partial charge in [-0.05, 0) is 24.3 Å². The fourth-order valence-electron chi connectivity index (χ4n) is 2.13. The maximum atomic E-state index is 11.8. The molecule has 0 bridgehead atoms. The second-order valence-corrected chi connectivity index (χ2v) is 4.82. The van der Waals surface area contributed by atoms with Gasteiger partial charge in [-0.2, -0.15) is 0 Å². The van der Waals surface area contributed by atoms with Crippen LogP contribution < -0.4 is 11.1 Å². The molecule has 0 aromatic heterocycles. The molecule has 1 amide bonds. The van der Waals surface area contributed by atoms with Crippen molar-refractivity contribution in [3.8, 4) is 0 Å². The first-order valence-corrected chi connectivity index (χ1v) is 6.30. The van der Waals surface area contributed by atoms with E-state index in [0.29, 0.717) is 18.4 Å². The Morgan fingerprint density at radius 2 is 2.18 bits per heavy atom. The highest BCUT2D eigenvalue weighted by Crippen LogP contribution is 2.33. The number of hydrogen-bond acceptors (Lipinski definition) is 2.